The first-order chi connectivity index (χ1) is 30.7. The first-order valence-electron chi connectivity index (χ1n) is 28.9. The molecule has 62 heavy (non-hydrogen) atoms. The Labute approximate surface area is 390 Å². The van der Waals surface area contributed by atoms with Gasteiger partial charge >= 0.3 is 0 Å². The summed E-state index contributed by atoms with van der Waals surface area (Å²) >= 11 is 0. The molecule has 4 nitrogen and oxygen atoms in total. The molecule has 0 fully saturated rings. The molecule has 0 radical (unpaired) electrons. The standard InChI is InChI=1S/C58H115NO3/c1-3-5-7-9-11-13-15-17-19-21-23-25-27-28-29-30-32-33-35-37-39-41-43-45-47-49-51-53-57(61)56(55-60)59-58(62)54-52-50-48-46-44-42-40-38-36-34-31-26-24-22-20-18-16-14-12-10-8-6-4-2/h51,53,56-57,60-61H,3-50,52,54-55H2,1-2H3,(H,59,62)/b53-51+. The van der Waals surface area contributed by atoms with E-state index in [4.69, 9.17) is 0 Å². The molecule has 0 bridgehead atoms. The molecule has 0 saturated carbocycles. The SMILES string of the molecule is CCCCCCCCCCCCCCCCCCCCCCCCCCC/C=C/C(O)C(CO)NC(=O)CCCCCCCCCCCCCCCCCCCCCCCCC. The van der Waals surface area contributed by atoms with Crippen molar-refractivity contribution in [2.75, 3.05) is 6.61 Å². The van der Waals surface area contributed by atoms with Crippen LogP contribution in [-0.2, 0) is 4.79 Å². The van der Waals surface area contributed by atoms with E-state index in [9.17, 15) is 15.0 Å². The van der Waals surface area contributed by atoms with Crippen LogP contribution < -0.4 is 5.32 Å². The summed E-state index contributed by atoms with van der Waals surface area (Å²) in [5.41, 5.74) is 0. The molecule has 0 aliphatic carbocycles. The Bertz CT molecular complexity index is 860. The second-order valence-electron chi connectivity index (χ2n) is 20.1. The van der Waals surface area contributed by atoms with Crippen LogP contribution in [0.4, 0.5) is 0 Å². The Morgan fingerprint density at radius 2 is 0.597 bits per heavy atom. The summed E-state index contributed by atoms with van der Waals surface area (Å²) in [5, 5.41) is 23.2. The third-order valence-corrected chi connectivity index (χ3v) is 13.8. The van der Waals surface area contributed by atoms with Crippen molar-refractivity contribution in [1.29, 1.82) is 0 Å². The van der Waals surface area contributed by atoms with Gasteiger partial charge in [0.15, 0.2) is 0 Å². The number of carbonyl (C=O) groups excluding carboxylic acids is 1. The van der Waals surface area contributed by atoms with Gasteiger partial charge in [0.05, 0.1) is 18.8 Å². The molecule has 3 N–H and O–H groups in total. The van der Waals surface area contributed by atoms with Crippen molar-refractivity contribution in [3.05, 3.63) is 12.2 Å². The van der Waals surface area contributed by atoms with Crippen LogP contribution in [0.15, 0.2) is 12.2 Å². The van der Waals surface area contributed by atoms with Gasteiger partial charge in [0.25, 0.3) is 0 Å². The maximum atomic E-state index is 12.5. The van der Waals surface area contributed by atoms with Crippen LogP contribution in [0.5, 0.6) is 0 Å². The number of unbranched alkanes of at least 4 members (excludes halogenated alkanes) is 47. The third kappa shape index (κ3) is 50.1. The molecule has 0 saturated heterocycles. The van der Waals surface area contributed by atoms with Crippen molar-refractivity contribution in [3.8, 4) is 0 Å². The highest BCUT2D eigenvalue weighted by Crippen LogP contribution is 2.18. The molecular formula is C58H115NO3. The number of carbonyl (C=O) groups is 1. The van der Waals surface area contributed by atoms with Crippen LogP contribution in [0.25, 0.3) is 0 Å². The van der Waals surface area contributed by atoms with Crippen molar-refractivity contribution in [1.82, 2.24) is 5.32 Å². The number of nitrogens with one attached hydrogen (secondary N) is 1. The van der Waals surface area contributed by atoms with Crippen molar-refractivity contribution >= 4 is 5.91 Å². The van der Waals surface area contributed by atoms with Gasteiger partial charge in [-0.05, 0) is 19.3 Å². The molecule has 4 heteroatoms. The van der Waals surface area contributed by atoms with E-state index in [-0.39, 0.29) is 12.5 Å². The van der Waals surface area contributed by atoms with Gasteiger partial charge in [0, 0.05) is 6.42 Å². The van der Waals surface area contributed by atoms with E-state index >= 15 is 0 Å². The van der Waals surface area contributed by atoms with Gasteiger partial charge in [-0.3, -0.25) is 4.79 Å². The normalized spacial score (nSPS) is 12.8. The number of rotatable bonds is 54. The van der Waals surface area contributed by atoms with E-state index in [1.54, 1.807) is 6.08 Å². The number of aliphatic hydroxyl groups excluding tert-OH is 2. The van der Waals surface area contributed by atoms with Crippen LogP contribution in [0, 0.1) is 0 Å². The minimum atomic E-state index is -0.836. The summed E-state index contributed by atoms with van der Waals surface area (Å²) < 4.78 is 0. The molecule has 370 valence electrons. The first-order valence-corrected chi connectivity index (χ1v) is 28.9. The smallest absolute Gasteiger partial charge is 0.220 e. The zero-order chi connectivity index (χ0) is 44.9. The van der Waals surface area contributed by atoms with Gasteiger partial charge < -0.3 is 15.5 Å². The molecule has 0 aromatic heterocycles. The molecule has 0 aromatic carbocycles. The fraction of sp³-hybridized carbons (Fsp3) is 0.948. The van der Waals surface area contributed by atoms with Crippen LogP contribution in [0.2, 0.25) is 0 Å². The highest BCUT2D eigenvalue weighted by Gasteiger charge is 2.18. The predicted octanol–water partition coefficient (Wildman–Crippen LogP) is 18.9. The summed E-state index contributed by atoms with van der Waals surface area (Å²) in [6.45, 7) is 4.36. The predicted molar refractivity (Wildman–Crippen MR) is 276 cm³/mol. The Balaban J connectivity index is 3.44. The lowest BCUT2D eigenvalue weighted by molar-refractivity contribution is -0.123. The van der Waals surface area contributed by atoms with E-state index in [1.807, 2.05) is 6.08 Å². The van der Waals surface area contributed by atoms with E-state index in [0.29, 0.717) is 6.42 Å². The lowest BCUT2D eigenvalue weighted by Crippen LogP contribution is -2.45. The Morgan fingerprint density at radius 3 is 0.839 bits per heavy atom. The Kier molecular flexibility index (Phi) is 53.7. The van der Waals surface area contributed by atoms with Crippen LogP contribution in [-0.4, -0.2) is 34.9 Å². The number of hydrogen-bond acceptors (Lipinski definition) is 3. The largest absolute Gasteiger partial charge is 0.394 e. The summed E-state index contributed by atoms with van der Waals surface area (Å²) in [4.78, 5) is 12.5. The van der Waals surface area contributed by atoms with Crippen LogP contribution in [0.3, 0.4) is 0 Å². The van der Waals surface area contributed by atoms with Crippen LogP contribution >= 0.6 is 0 Å². The minimum absolute atomic E-state index is 0.0554. The zero-order valence-corrected chi connectivity index (χ0v) is 42.7. The second kappa shape index (κ2) is 54.5. The fourth-order valence-electron chi connectivity index (χ4n) is 9.36. The highest BCUT2D eigenvalue weighted by atomic mass is 16.3. The van der Waals surface area contributed by atoms with Gasteiger partial charge in [-0.1, -0.05) is 321 Å². The number of amides is 1. The number of hydrogen-bond donors (Lipinski definition) is 3. The second-order valence-corrected chi connectivity index (χ2v) is 20.1. The molecule has 0 aromatic rings. The lowest BCUT2D eigenvalue weighted by Gasteiger charge is -2.20. The van der Waals surface area contributed by atoms with Crippen molar-refractivity contribution in [2.24, 2.45) is 0 Å². The van der Waals surface area contributed by atoms with Crippen molar-refractivity contribution < 1.29 is 15.0 Å². The summed E-state index contributed by atoms with van der Waals surface area (Å²) in [6.07, 6.45) is 71.0. The minimum Gasteiger partial charge on any atom is -0.394 e. The lowest BCUT2D eigenvalue weighted by atomic mass is 10.0. The average molecular weight is 875 g/mol. The van der Waals surface area contributed by atoms with E-state index in [1.165, 1.54) is 289 Å². The molecule has 0 aliphatic heterocycles. The highest BCUT2D eigenvalue weighted by molar-refractivity contribution is 5.76. The quantitative estimate of drug-likeness (QED) is 0.0421. The van der Waals surface area contributed by atoms with Crippen LogP contribution in [0.1, 0.15) is 335 Å². The Hall–Kier alpha value is -0.870. The molecule has 1 amide bonds. The molecule has 0 aliphatic rings. The van der Waals surface area contributed by atoms with E-state index < -0.39 is 12.1 Å². The fourth-order valence-corrected chi connectivity index (χ4v) is 9.36. The molecule has 0 spiro atoms. The molecule has 2 unspecified atom stereocenters. The monoisotopic (exact) mass is 874 g/mol. The molecule has 0 heterocycles. The van der Waals surface area contributed by atoms with Gasteiger partial charge in [-0.2, -0.15) is 0 Å². The maximum Gasteiger partial charge on any atom is 0.220 e. The van der Waals surface area contributed by atoms with Gasteiger partial charge in [-0.15, -0.1) is 0 Å². The molecule has 0 rings (SSSR count). The first kappa shape index (κ1) is 61.1. The van der Waals surface area contributed by atoms with Gasteiger partial charge in [-0.25, -0.2) is 0 Å². The molecule has 2 atom stereocenters. The average Bonchev–Trinajstić information content (AvgIpc) is 3.28. The van der Waals surface area contributed by atoms with Gasteiger partial charge in [0.1, 0.15) is 0 Å². The van der Waals surface area contributed by atoms with E-state index in [2.05, 4.69) is 19.2 Å². The Morgan fingerprint density at radius 1 is 0.371 bits per heavy atom. The zero-order valence-electron chi connectivity index (χ0n) is 42.7. The summed E-state index contributed by atoms with van der Waals surface area (Å²) in [7, 11) is 0. The summed E-state index contributed by atoms with van der Waals surface area (Å²) in [6, 6.07) is -0.618. The van der Waals surface area contributed by atoms with Crippen molar-refractivity contribution in [3.63, 3.8) is 0 Å². The number of aliphatic hydroxyl groups is 2. The maximum absolute atomic E-state index is 12.5. The topological polar surface area (TPSA) is 69.6 Å². The number of allylic oxidation sites excluding steroid dienone is 1. The van der Waals surface area contributed by atoms with Gasteiger partial charge in [0.2, 0.25) is 5.91 Å². The van der Waals surface area contributed by atoms with E-state index in [0.717, 1.165) is 25.7 Å². The molecular weight excluding hydrogens is 759 g/mol. The van der Waals surface area contributed by atoms with Crippen molar-refractivity contribution in [2.45, 2.75) is 347 Å². The summed E-state index contributed by atoms with van der Waals surface area (Å²) in [5.74, 6) is -0.0554. The third-order valence-electron chi connectivity index (χ3n) is 13.8.